The van der Waals surface area contributed by atoms with Crippen molar-refractivity contribution in [1.29, 1.82) is 0 Å². The predicted octanol–water partition coefficient (Wildman–Crippen LogP) is 1.15. The molecule has 0 spiro atoms. The summed E-state index contributed by atoms with van der Waals surface area (Å²) in [5.41, 5.74) is 1.23. The summed E-state index contributed by atoms with van der Waals surface area (Å²) in [6.45, 7) is 9.98. The van der Waals surface area contributed by atoms with Crippen LogP contribution in [0.25, 0.3) is 0 Å². The van der Waals surface area contributed by atoms with E-state index >= 15 is 0 Å². The minimum atomic E-state index is 0.491. The number of nitrogens with zero attached hydrogens (tertiary/aromatic N) is 3. The van der Waals surface area contributed by atoms with Gasteiger partial charge in [-0.3, -0.25) is 14.9 Å². The number of hydrogen-bond acceptors (Lipinski definition) is 4. The molecule has 0 aliphatic carbocycles. The van der Waals surface area contributed by atoms with Crippen molar-refractivity contribution in [1.82, 2.24) is 20.5 Å². The van der Waals surface area contributed by atoms with Crippen molar-refractivity contribution in [2.45, 2.75) is 26.3 Å². The van der Waals surface area contributed by atoms with Crippen molar-refractivity contribution < 1.29 is 4.74 Å². The van der Waals surface area contributed by atoms with Crippen LogP contribution < -0.4 is 10.6 Å². The maximum Gasteiger partial charge on any atom is 0.191 e. The second-order valence-electron chi connectivity index (χ2n) is 6.45. The van der Waals surface area contributed by atoms with Crippen LogP contribution in [0.15, 0.2) is 29.5 Å². The summed E-state index contributed by atoms with van der Waals surface area (Å²) < 4.78 is 5.47. The van der Waals surface area contributed by atoms with Gasteiger partial charge in [-0.05, 0) is 24.0 Å². The lowest BCUT2D eigenvalue weighted by Gasteiger charge is -2.37. The van der Waals surface area contributed by atoms with Crippen molar-refractivity contribution in [3.63, 3.8) is 0 Å². The molecule has 1 atom stereocenters. The number of nitrogens with one attached hydrogen (secondary N) is 2. The summed E-state index contributed by atoms with van der Waals surface area (Å²) in [6, 6.07) is 4.56. The Hall–Kier alpha value is -1.66. The third-order valence-electron chi connectivity index (χ3n) is 4.42. The molecule has 0 radical (unpaired) electrons. The van der Waals surface area contributed by atoms with Gasteiger partial charge in [0.2, 0.25) is 0 Å². The predicted molar refractivity (Wildman–Crippen MR) is 98.3 cm³/mol. The van der Waals surface area contributed by atoms with Gasteiger partial charge in [0.15, 0.2) is 5.96 Å². The minimum Gasteiger partial charge on any atom is -0.379 e. The molecule has 0 amide bonds. The fraction of sp³-hybridized carbons (Fsp3) is 0.667. The normalized spacial score (nSPS) is 17.8. The lowest BCUT2D eigenvalue weighted by atomic mass is 10.0. The van der Waals surface area contributed by atoms with Gasteiger partial charge in [-0.25, -0.2) is 0 Å². The molecule has 24 heavy (non-hydrogen) atoms. The number of rotatable bonds is 7. The van der Waals surface area contributed by atoms with Crippen molar-refractivity contribution in [3.8, 4) is 0 Å². The van der Waals surface area contributed by atoms with Crippen molar-refractivity contribution in [2.24, 2.45) is 10.9 Å². The van der Waals surface area contributed by atoms with E-state index in [4.69, 9.17) is 4.74 Å². The van der Waals surface area contributed by atoms with Crippen LogP contribution in [-0.4, -0.2) is 68.3 Å². The van der Waals surface area contributed by atoms with E-state index in [-0.39, 0.29) is 0 Å². The van der Waals surface area contributed by atoms with E-state index in [2.05, 4.69) is 45.4 Å². The molecule has 1 saturated heterocycles. The van der Waals surface area contributed by atoms with E-state index < -0.39 is 0 Å². The lowest BCUT2D eigenvalue weighted by Crippen LogP contribution is -2.52. The van der Waals surface area contributed by atoms with Crippen LogP contribution in [0.3, 0.4) is 0 Å². The van der Waals surface area contributed by atoms with Crippen LogP contribution >= 0.6 is 0 Å². The van der Waals surface area contributed by atoms with Gasteiger partial charge in [0.1, 0.15) is 0 Å². The fourth-order valence-electron chi connectivity index (χ4n) is 2.99. The Labute approximate surface area is 145 Å². The van der Waals surface area contributed by atoms with Gasteiger partial charge in [0.25, 0.3) is 0 Å². The first-order valence-electron chi connectivity index (χ1n) is 8.86. The fourth-order valence-corrected chi connectivity index (χ4v) is 2.99. The Kier molecular flexibility index (Phi) is 7.98. The minimum absolute atomic E-state index is 0.491. The van der Waals surface area contributed by atoms with Crippen LogP contribution in [0.1, 0.15) is 19.4 Å². The maximum absolute atomic E-state index is 5.47. The van der Waals surface area contributed by atoms with E-state index in [0.717, 1.165) is 51.8 Å². The smallest absolute Gasteiger partial charge is 0.191 e. The molecule has 1 aromatic rings. The van der Waals surface area contributed by atoms with Gasteiger partial charge in [0.05, 0.1) is 13.2 Å². The van der Waals surface area contributed by atoms with Gasteiger partial charge in [0, 0.05) is 51.7 Å². The first-order valence-corrected chi connectivity index (χ1v) is 8.86. The molecule has 2 rings (SSSR count). The Bertz CT molecular complexity index is 485. The molecular weight excluding hydrogens is 302 g/mol. The zero-order chi connectivity index (χ0) is 17.2. The number of morpholine rings is 1. The molecule has 1 aromatic heterocycles. The van der Waals surface area contributed by atoms with E-state index in [0.29, 0.717) is 12.0 Å². The second-order valence-corrected chi connectivity index (χ2v) is 6.45. The zero-order valence-corrected chi connectivity index (χ0v) is 15.2. The molecule has 1 fully saturated rings. The highest BCUT2D eigenvalue weighted by molar-refractivity contribution is 5.79. The summed E-state index contributed by atoms with van der Waals surface area (Å²) in [7, 11) is 1.82. The molecule has 1 unspecified atom stereocenters. The van der Waals surface area contributed by atoms with Crippen molar-refractivity contribution in [2.75, 3.05) is 46.4 Å². The van der Waals surface area contributed by atoms with E-state index in [1.54, 1.807) is 6.20 Å². The highest BCUT2D eigenvalue weighted by Crippen LogP contribution is 2.12. The molecule has 1 aliphatic heterocycles. The Balaban J connectivity index is 1.76. The topological polar surface area (TPSA) is 61.8 Å². The number of ether oxygens (including phenoxy) is 1. The molecular formula is C18H31N5O. The molecule has 0 saturated carbocycles. The molecule has 0 bridgehead atoms. The monoisotopic (exact) mass is 333 g/mol. The first-order chi connectivity index (χ1) is 11.7. The van der Waals surface area contributed by atoms with Crippen LogP contribution in [0, 0.1) is 5.92 Å². The SMILES string of the molecule is CN=C(NCCc1cccnc1)NCC(C(C)C)N1CCOCC1. The van der Waals surface area contributed by atoms with Crippen molar-refractivity contribution >= 4 is 5.96 Å². The summed E-state index contributed by atoms with van der Waals surface area (Å²) in [6.07, 6.45) is 4.64. The quantitative estimate of drug-likeness (QED) is 0.579. The molecule has 2 heterocycles. The average Bonchev–Trinajstić information content (AvgIpc) is 2.62. The van der Waals surface area contributed by atoms with E-state index in [1.165, 1.54) is 5.56 Å². The molecule has 6 nitrogen and oxygen atoms in total. The van der Waals surface area contributed by atoms with Crippen LogP contribution in [0.2, 0.25) is 0 Å². The number of aromatic nitrogens is 1. The Morgan fingerprint density at radius 1 is 1.33 bits per heavy atom. The Morgan fingerprint density at radius 3 is 2.75 bits per heavy atom. The molecule has 2 N–H and O–H groups in total. The third-order valence-corrected chi connectivity index (χ3v) is 4.42. The number of aliphatic imine (C=N–C) groups is 1. The van der Waals surface area contributed by atoms with Crippen LogP contribution in [0.5, 0.6) is 0 Å². The largest absolute Gasteiger partial charge is 0.379 e. The third kappa shape index (κ3) is 6.09. The first kappa shape index (κ1) is 18.7. The van der Waals surface area contributed by atoms with Gasteiger partial charge in [-0.1, -0.05) is 19.9 Å². The van der Waals surface area contributed by atoms with Gasteiger partial charge < -0.3 is 15.4 Å². The van der Waals surface area contributed by atoms with Crippen molar-refractivity contribution in [3.05, 3.63) is 30.1 Å². The summed E-state index contributed by atoms with van der Waals surface area (Å²) in [5.74, 6) is 1.45. The van der Waals surface area contributed by atoms with Gasteiger partial charge in [-0.15, -0.1) is 0 Å². The highest BCUT2D eigenvalue weighted by Gasteiger charge is 2.23. The maximum atomic E-state index is 5.47. The lowest BCUT2D eigenvalue weighted by molar-refractivity contribution is 0.00752. The second kappa shape index (κ2) is 10.3. The highest BCUT2D eigenvalue weighted by atomic mass is 16.5. The molecule has 0 aromatic carbocycles. The number of hydrogen-bond donors (Lipinski definition) is 2. The summed E-state index contributed by atoms with van der Waals surface area (Å²) >= 11 is 0. The zero-order valence-electron chi connectivity index (χ0n) is 15.2. The number of pyridine rings is 1. The standard InChI is InChI=1S/C18H31N5O/c1-15(2)17(23-9-11-24-12-10-23)14-22-18(19-3)21-8-6-16-5-4-7-20-13-16/h4-5,7,13,15,17H,6,8-12,14H2,1-3H3,(H2,19,21,22). The molecule has 1 aliphatic rings. The van der Waals surface area contributed by atoms with E-state index in [1.807, 2.05) is 19.3 Å². The molecule has 6 heteroatoms. The Morgan fingerprint density at radius 2 is 2.12 bits per heavy atom. The number of guanidine groups is 1. The van der Waals surface area contributed by atoms with E-state index in [9.17, 15) is 0 Å². The van der Waals surface area contributed by atoms with Gasteiger partial charge >= 0.3 is 0 Å². The van der Waals surface area contributed by atoms with Gasteiger partial charge in [-0.2, -0.15) is 0 Å². The summed E-state index contributed by atoms with van der Waals surface area (Å²) in [5, 5.41) is 6.86. The molecule has 134 valence electrons. The van der Waals surface area contributed by atoms with Crippen LogP contribution in [0.4, 0.5) is 0 Å². The average molecular weight is 333 g/mol. The summed E-state index contributed by atoms with van der Waals surface area (Å²) in [4.78, 5) is 11.0. The van der Waals surface area contributed by atoms with Crippen LogP contribution in [-0.2, 0) is 11.2 Å².